The third-order valence-corrected chi connectivity index (χ3v) is 1.78. The van der Waals surface area contributed by atoms with Crippen LogP contribution in [0, 0.1) is 0 Å². The van der Waals surface area contributed by atoms with Crippen molar-refractivity contribution in [1.82, 2.24) is 0 Å². The van der Waals surface area contributed by atoms with Crippen LogP contribution in [0.2, 0.25) is 0 Å². The lowest BCUT2D eigenvalue weighted by molar-refractivity contribution is 0.149. The van der Waals surface area contributed by atoms with Gasteiger partial charge in [0.15, 0.2) is 0 Å². The van der Waals surface area contributed by atoms with Crippen molar-refractivity contribution in [3.8, 4) is 0 Å². The monoisotopic (exact) mass is 230 g/mol. The van der Waals surface area contributed by atoms with Crippen molar-refractivity contribution in [1.29, 1.82) is 0 Å². The summed E-state index contributed by atoms with van der Waals surface area (Å²) in [5.74, 6) is 0. The number of hydrogen-bond donors (Lipinski definition) is 2. The maximum absolute atomic E-state index is 10.3. The van der Waals surface area contributed by atoms with Crippen molar-refractivity contribution in [2.24, 2.45) is 11.5 Å². The van der Waals surface area contributed by atoms with Crippen molar-refractivity contribution in [2.75, 3.05) is 6.61 Å². The number of carbonyl (C=O) groups excluding carboxylic acids is 1. The highest BCUT2D eigenvalue weighted by Crippen LogP contribution is 2.01. The Balaban J connectivity index is 0.00000196. The molecule has 0 saturated heterocycles. The normalized spacial score (nSPS) is 11.3. The summed E-state index contributed by atoms with van der Waals surface area (Å²) in [7, 11) is 0. The molecule has 0 fully saturated rings. The van der Waals surface area contributed by atoms with E-state index in [0.717, 1.165) is 5.56 Å². The molecule has 15 heavy (non-hydrogen) atoms. The molecule has 0 aliphatic heterocycles. The Bertz CT molecular complexity index is 293. The SMILES string of the molecule is Cl.NC(=O)OC[C@H](N)Cc1ccccc1. The van der Waals surface area contributed by atoms with Gasteiger partial charge in [0, 0.05) is 6.04 Å². The molecular weight excluding hydrogens is 216 g/mol. The highest BCUT2D eigenvalue weighted by molar-refractivity contribution is 5.85. The number of hydrogen-bond acceptors (Lipinski definition) is 3. The zero-order valence-corrected chi connectivity index (χ0v) is 9.07. The first-order valence-electron chi connectivity index (χ1n) is 4.40. The minimum Gasteiger partial charge on any atom is -0.448 e. The molecule has 1 aromatic rings. The van der Waals surface area contributed by atoms with E-state index in [2.05, 4.69) is 4.74 Å². The van der Waals surface area contributed by atoms with Crippen LogP contribution in [0.25, 0.3) is 0 Å². The second-order valence-electron chi connectivity index (χ2n) is 3.08. The van der Waals surface area contributed by atoms with Gasteiger partial charge in [-0.2, -0.15) is 0 Å². The summed E-state index contributed by atoms with van der Waals surface area (Å²) in [6.07, 6.45) is -0.109. The van der Waals surface area contributed by atoms with Gasteiger partial charge in [0.1, 0.15) is 6.61 Å². The van der Waals surface area contributed by atoms with E-state index in [1.165, 1.54) is 0 Å². The van der Waals surface area contributed by atoms with Crippen LogP contribution in [0.4, 0.5) is 4.79 Å². The lowest BCUT2D eigenvalue weighted by Crippen LogP contribution is -2.31. The van der Waals surface area contributed by atoms with E-state index in [0.29, 0.717) is 6.42 Å². The van der Waals surface area contributed by atoms with Crippen molar-refractivity contribution in [3.05, 3.63) is 35.9 Å². The predicted octanol–water partition coefficient (Wildman–Crippen LogP) is 1.07. The molecule has 0 heterocycles. The van der Waals surface area contributed by atoms with Crippen LogP contribution < -0.4 is 11.5 Å². The zero-order valence-electron chi connectivity index (χ0n) is 8.26. The Labute approximate surface area is 95.0 Å². The van der Waals surface area contributed by atoms with Gasteiger partial charge in [-0.25, -0.2) is 4.79 Å². The topological polar surface area (TPSA) is 78.3 Å². The van der Waals surface area contributed by atoms with Crippen LogP contribution in [-0.2, 0) is 11.2 Å². The van der Waals surface area contributed by atoms with E-state index in [1.54, 1.807) is 0 Å². The summed E-state index contributed by atoms with van der Waals surface area (Å²) in [6, 6.07) is 9.57. The molecule has 1 atom stereocenters. The standard InChI is InChI=1S/C10H14N2O2.ClH/c11-9(7-14-10(12)13)6-8-4-2-1-3-5-8;/h1-5,9H,6-7,11H2,(H2,12,13);1H/t9-;/m1./s1. The third-order valence-electron chi connectivity index (χ3n) is 1.78. The molecule has 0 aliphatic carbocycles. The average molecular weight is 231 g/mol. The van der Waals surface area contributed by atoms with Crippen LogP contribution in [0.1, 0.15) is 5.56 Å². The first kappa shape index (κ1) is 13.7. The fraction of sp³-hybridized carbons (Fsp3) is 0.300. The first-order valence-corrected chi connectivity index (χ1v) is 4.40. The zero-order chi connectivity index (χ0) is 10.4. The second-order valence-corrected chi connectivity index (χ2v) is 3.08. The van der Waals surface area contributed by atoms with E-state index in [9.17, 15) is 4.79 Å². The number of ether oxygens (including phenoxy) is 1. The third kappa shape index (κ3) is 5.93. The highest BCUT2D eigenvalue weighted by atomic mass is 35.5. The summed E-state index contributed by atoms with van der Waals surface area (Å²) in [6.45, 7) is 0.157. The molecule has 0 saturated carbocycles. The lowest BCUT2D eigenvalue weighted by Gasteiger charge is -2.10. The number of amides is 1. The Morgan fingerprint density at radius 2 is 1.93 bits per heavy atom. The molecule has 0 aromatic heterocycles. The van der Waals surface area contributed by atoms with Crippen molar-refractivity contribution < 1.29 is 9.53 Å². The van der Waals surface area contributed by atoms with E-state index in [-0.39, 0.29) is 25.1 Å². The second kappa shape index (κ2) is 7.09. The fourth-order valence-corrected chi connectivity index (χ4v) is 1.16. The summed E-state index contributed by atoms with van der Waals surface area (Å²) in [5.41, 5.74) is 11.7. The smallest absolute Gasteiger partial charge is 0.404 e. The minimum atomic E-state index is -0.784. The molecule has 0 unspecified atom stereocenters. The van der Waals surface area contributed by atoms with Crippen molar-refractivity contribution in [2.45, 2.75) is 12.5 Å². The number of nitrogens with two attached hydrogens (primary N) is 2. The molecule has 0 bridgehead atoms. The van der Waals surface area contributed by atoms with Gasteiger partial charge in [-0.3, -0.25) is 0 Å². The number of halogens is 1. The van der Waals surface area contributed by atoms with E-state index < -0.39 is 6.09 Å². The van der Waals surface area contributed by atoms with Crippen molar-refractivity contribution in [3.63, 3.8) is 0 Å². The predicted molar refractivity (Wildman–Crippen MR) is 60.9 cm³/mol. The van der Waals surface area contributed by atoms with E-state index in [1.807, 2.05) is 30.3 Å². The van der Waals surface area contributed by atoms with Gasteiger partial charge in [-0.05, 0) is 12.0 Å². The van der Waals surface area contributed by atoms with Crippen LogP contribution >= 0.6 is 12.4 Å². The average Bonchev–Trinajstić information content (AvgIpc) is 2.16. The van der Waals surface area contributed by atoms with Crippen LogP contribution in [0.5, 0.6) is 0 Å². The number of primary amides is 1. The maximum Gasteiger partial charge on any atom is 0.404 e. The summed E-state index contributed by atoms with van der Waals surface area (Å²) < 4.78 is 4.59. The molecule has 0 radical (unpaired) electrons. The molecule has 1 amide bonds. The number of carbonyl (C=O) groups is 1. The van der Waals surface area contributed by atoms with Gasteiger partial charge in [0.25, 0.3) is 0 Å². The Morgan fingerprint density at radius 1 is 1.33 bits per heavy atom. The fourth-order valence-electron chi connectivity index (χ4n) is 1.16. The summed E-state index contributed by atoms with van der Waals surface area (Å²) >= 11 is 0. The highest BCUT2D eigenvalue weighted by Gasteiger charge is 2.05. The Kier molecular flexibility index (Phi) is 6.49. The number of benzene rings is 1. The molecule has 0 spiro atoms. The van der Waals surface area contributed by atoms with Crippen molar-refractivity contribution >= 4 is 18.5 Å². The number of rotatable bonds is 4. The molecule has 1 rings (SSSR count). The quantitative estimate of drug-likeness (QED) is 0.812. The van der Waals surface area contributed by atoms with Crippen LogP contribution in [0.15, 0.2) is 30.3 Å². The van der Waals surface area contributed by atoms with Gasteiger partial charge in [0.05, 0.1) is 0 Å². The Hall–Kier alpha value is -1.26. The van der Waals surface area contributed by atoms with E-state index in [4.69, 9.17) is 11.5 Å². The molecule has 0 aliphatic rings. The molecular formula is C10H15ClN2O2. The van der Waals surface area contributed by atoms with Gasteiger partial charge in [0.2, 0.25) is 0 Å². The lowest BCUT2D eigenvalue weighted by atomic mass is 10.1. The van der Waals surface area contributed by atoms with Gasteiger partial charge in [-0.15, -0.1) is 12.4 Å². The minimum absolute atomic E-state index is 0. The Morgan fingerprint density at radius 3 is 2.47 bits per heavy atom. The van der Waals surface area contributed by atoms with Crippen LogP contribution in [0.3, 0.4) is 0 Å². The largest absolute Gasteiger partial charge is 0.448 e. The van der Waals surface area contributed by atoms with Gasteiger partial charge >= 0.3 is 6.09 Å². The van der Waals surface area contributed by atoms with Gasteiger partial charge in [-0.1, -0.05) is 30.3 Å². The van der Waals surface area contributed by atoms with Gasteiger partial charge < -0.3 is 16.2 Å². The van der Waals surface area contributed by atoms with Crippen LogP contribution in [-0.4, -0.2) is 18.7 Å². The first-order chi connectivity index (χ1) is 6.68. The summed E-state index contributed by atoms with van der Waals surface area (Å²) in [5, 5.41) is 0. The summed E-state index contributed by atoms with van der Waals surface area (Å²) in [4.78, 5) is 10.3. The molecule has 4 nitrogen and oxygen atoms in total. The molecule has 1 aromatic carbocycles. The van der Waals surface area contributed by atoms with E-state index >= 15 is 0 Å². The molecule has 5 heteroatoms. The molecule has 84 valence electrons. The maximum atomic E-state index is 10.3. The molecule has 4 N–H and O–H groups in total.